The van der Waals surface area contributed by atoms with Crippen LogP contribution in [0, 0.1) is 24.7 Å². The summed E-state index contributed by atoms with van der Waals surface area (Å²) in [6.45, 7) is 5.56. The Morgan fingerprint density at radius 2 is 1.78 bits per heavy atom. The van der Waals surface area contributed by atoms with Gasteiger partial charge in [0, 0.05) is 60.9 Å². The van der Waals surface area contributed by atoms with Crippen molar-refractivity contribution in [3.8, 4) is 28.2 Å². The Balaban J connectivity index is 1.11. The summed E-state index contributed by atoms with van der Waals surface area (Å²) >= 11 is 13.1. The van der Waals surface area contributed by atoms with Gasteiger partial charge in [-0.15, -0.1) is 11.3 Å². The van der Waals surface area contributed by atoms with Gasteiger partial charge in [0.1, 0.15) is 39.8 Å². The average Bonchev–Trinajstić information content (AvgIpc) is 3.36. The summed E-state index contributed by atoms with van der Waals surface area (Å²) < 4.78 is 5.94. The van der Waals surface area contributed by atoms with E-state index in [9.17, 15) is 19.5 Å². The summed E-state index contributed by atoms with van der Waals surface area (Å²) in [5.74, 6) is -0.128. The molecule has 0 bridgehead atoms. The van der Waals surface area contributed by atoms with E-state index in [0.717, 1.165) is 21.6 Å². The van der Waals surface area contributed by atoms with E-state index >= 15 is 0 Å². The summed E-state index contributed by atoms with van der Waals surface area (Å²) in [4.78, 5) is 45.5. The van der Waals surface area contributed by atoms with E-state index in [1.165, 1.54) is 40.5 Å². The Hall–Kier alpha value is -6.22. The molecule has 0 unspecified atom stereocenters. The summed E-state index contributed by atoms with van der Waals surface area (Å²) in [7, 11) is 0. The van der Waals surface area contributed by atoms with E-state index in [1.54, 1.807) is 49.4 Å². The maximum absolute atomic E-state index is 13.4. The number of aromatic hydroxyl groups is 1. The zero-order valence-corrected chi connectivity index (χ0v) is 31.9. The molecule has 55 heavy (non-hydrogen) atoms. The van der Waals surface area contributed by atoms with Gasteiger partial charge in [0.25, 0.3) is 0 Å². The molecule has 0 fully saturated rings. The van der Waals surface area contributed by atoms with Gasteiger partial charge in [0.2, 0.25) is 5.91 Å². The van der Waals surface area contributed by atoms with Crippen LogP contribution in [0.25, 0.3) is 33.4 Å². The van der Waals surface area contributed by atoms with Gasteiger partial charge in [-0.2, -0.15) is 0 Å². The Bertz CT molecular complexity index is 2650. The number of benzene rings is 4. The standard InChI is InChI=1S/C40H32ClN7O5S2/c1-19-20(2)55-39-35(19)37(22-4-6-24(41)7-5-22)45-31(38(43)48(39)21(3)42)17-34(52)46-47-40(54)44-25-8-11-28(23(14-25)18-49)36-29-12-9-26(50)15-32(29)53-33-16-27(51)10-13-30(33)36/h4-16,18,31,42-43,50H,17H2,1-3H3,(H,46,52)(H2,44,47,54)/t31-/m0/s1. The van der Waals surface area contributed by atoms with E-state index in [4.69, 9.17) is 44.0 Å². The van der Waals surface area contributed by atoms with Gasteiger partial charge in [-0.25, -0.2) is 0 Å². The number of hydrazine groups is 1. The predicted molar refractivity (Wildman–Crippen MR) is 222 cm³/mol. The zero-order chi connectivity index (χ0) is 39.1. The first-order valence-corrected chi connectivity index (χ1v) is 18.5. The van der Waals surface area contributed by atoms with Crippen LogP contribution in [0.15, 0.2) is 93.1 Å². The van der Waals surface area contributed by atoms with Crippen molar-refractivity contribution in [1.82, 2.24) is 10.9 Å². The molecule has 0 spiro atoms. The molecular formula is C40H32ClN7O5S2. The molecule has 276 valence electrons. The number of carbonyl (C=O) groups is 2. The number of anilines is 2. The number of amidine groups is 2. The number of phenols is 1. The first kappa shape index (κ1) is 37.1. The highest BCUT2D eigenvalue weighted by Crippen LogP contribution is 2.43. The number of aryl methyl sites for hydroxylation is 1. The number of thiophene rings is 1. The molecule has 0 saturated heterocycles. The number of aliphatic imine (C=N–C) groups is 1. The molecule has 12 nitrogen and oxygen atoms in total. The van der Waals surface area contributed by atoms with E-state index in [1.807, 2.05) is 26.0 Å². The van der Waals surface area contributed by atoms with Gasteiger partial charge < -0.3 is 14.8 Å². The lowest BCUT2D eigenvalue weighted by atomic mass is 9.91. The number of nitrogens with zero attached hydrogens (tertiary/aromatic N) is 2. The van der Waals surface area contributed by atoms with Crippen molar-refractivity contribution in [3.63, 3.8) is 0 Å². The normalized spacial score (nSPS) is 13.9. The molecule has 7 rings (SSSR count). The number of carbonyl (C=O) groups excluding carboxylic acids is 2. The minimum absolute atomic E-state index is 0.0172. The number of nitrogens with one attached hydrogen (secondary N) is 5. The number of thiocarbonyl (C=S) groups is 1. The van der Waals surface area contributed by atoms with Gasteiger partial charge in [-0.1, -0.05) is 29.8 Å². The second kappa shape index (κ2) is 14.9. The smallest absolute Gasteiger partial charge is 0.241 e. The molecule has 2 aliphatic heterocycles. The lowest BCUT2D eigenvalue weighted by molar-refractivity contribution is -0.121. The van der Waals surface area contributed by atoms with Crippen LogP contribution in [0.5, 0.6) is 5.75 Å². The summed E-state index contributed by atoms with van der Waals surface area (Å²) in [5.41, 5.74) is 11.0. The van der Waals surface area contributed by atoms with Crippen molar-refractivity contribution < 1.29 is 19.1 Å². The number of hydrogen-bond donors (Lipinski definition) is 6. The molecular weight excluding hydrogens is 758 g/mol. The van der Waals surface area contributed by atoms with Crippen LogP contribution >= 0.6 is 35.2 Å². The van der Waals surface area contributed by atoms with Gasteiger partial charge >= 0.3 is 0 Å². The number of hydrogen-bond acceptors (Lipinski definition) is 10. The molecule has 15 heteroatoms. The molecule has 1 atom stereocenters. The average molecular weight is 790 g/mol. The Morgan fingerprint density at radius 1 is 1.04 bits per heavy atom. The van der Waals surface area contributed by atoms with Crippen LogP contribution in [0.2, 0.25) is 5.02 Å². The number of rotatable bonds is 6. The highest BCUT2D eigenvalue weighted by molar-refractivity contribution is 7.80. The fourth-order valence-corrected chi connectivity index (χ4v) is 8.04. The fraction of sp³-hybridized carbons (Fsp3) is 0.125. The van der Waals surface area contributed by atoms with Crippen molar-refractivity contribution in [2.45, 2.75) is 33.2 Å². The monoisotopic (exact) mass is 789 g/mol. The Kier molecular flexibility index (Phi) is 10.1. The lowest BCUT2D eigenvalue weighted by Gasteiger charge is -2.24. The Labute approximate surface area is 328 Å². The first-order valence-electron chi connectivity index (χ1n) is 16.9. The SMILES string of the molecule is CC(=N)N1C(=N)[C@H](CC(=O)NNC(=S)Nc2ccc(-c3c4ccc(=O)cc-4oc4cc(O)ccc34)c(C=O)c2)N=C(c2ccc(Cl)cc2)c2c1sc(C)c2C. The van der Waals surface area contributed by atoms with E-state index in [2.05, 4.69) is 16.2 Å². The maximum atomic E-state index is 13.4. The molecule has 1 aromatic heterocycles. The third-order valence-electron chi connectivity index (χ3n) is 9.18. The maximum Gasteiger partial charge on any atom is 0.241 e. The highest BCUT2D eigenvalue weighted by atomic mass is 35.5. The highest BCUT2D eigenvalue weighted by Gasteiger charge is 2.35. The number of halogens is 1. The summed E-state index contributed by atoms with van der Waals surface area (Å²) in [6.07, 6.45) is 0.466. The van der Waals surface area contributed by atoms with Gasteiger partial charge in [-0.05, 0) is 92.6 Å². The minimum Gasteiger partial charge on any atom is -0.508 e. The van der Waals surface area contributed by atoms with Crippen molar-refractivity contribution >= 4 is 91.5 Å². The minimum atomic E-state index is -0.946. The van der Waals surface area contributed by atoms with Gasteiger partial charge in [0.15, 0.2) is 16.8 Å². The molecule has 4 aromatic rings. The molecule has 1 amide bonds. The van der Waals surface area contributed by atoms with Crippen molar-refractivity contribution in [2.75, 3.05) is 10.2 Å². The van der Waals surface area contributed by atoms with Crippen molar-refractivity contribution in [2.24, 2.45) is 4.99 Å². The van der Waals surface area contributed by atoms with Crippen LogP contribution in [0.1, 0.15) is 45.3 Å². The quantitative estimate of drug-likeness (QED) is 0.0245. The zero-order valence-electron chi connectivity index (χ0n) is 29.5. The molecule has 1 aliphatic carbocycles. The molecule has 0 saturated carbocycles. The first-order chi connectivity index (χ1) is 26.3. The summed E-state index contributed by atoms with van der Waals surface area (Å²) in [6, 6.07) is 20.3. The topological polar surface area (TPSA) is 184 Å². The molecule has 3 aliphatic rings. The third-order valence-corrected chi connectivity index (χ3v) is 10.8. The van der Waals surface area contributed by atoms with E-state index in [0.29, 0.717) is 66.7 Å². The largest absolute Gasteiger partial charge is 0.508 e. The molecule has 3 heterocycles. The van der Waals surface area contributed by atoms with Crippen molar-refractivity contribution in [1.29, 1.82) is 10.8 Å². The second-order valence-electron chi connectivity index (χ2n) is 12.8. The predicted octanol–water partition coefficient (Wildman–Crippen LogP) is 7.82. The van der Waals surface area contributed by atoms with E-state index < -0.39 is 11.9 Å². The van der Waals surface area contributed by atoms with E-state index in [-0.39, 0.29) is 34.4 Å². The fourth-order valence-electron chi connectivity index (χ4n) is 6.52. The molecule has 0 radical (unpaired) electrons. The molecule has 6 N–H and O–H groups in total. The van der Waals surface area contributed by atoms with Crippen molar-refractivity contribution in [3.05, 3.63) is 121 Å². The lowest BCUT2D eigenvalue weighted by Crippen LogP contribution is -2.47. The summed E-state index contributed by atoms with van der Waals surface area (Å²) in [5, 5.41) is 32.6. The van der Waals surface area contributed by atoms with Crippen LogP contribution in [0.3, 0.4) is 0 Å². The van der Waals surface area contributed by atoms with Gasteiger partial charge in [0.05, 0.1) is 12.1 Å². The molecule has 3 aromatic carbocycles. The van der Waals surface area contributed by atoms with Crippen LogP contribution in [-0.4, -0.2) is 45.8 Å². The van der Waals surface area contributed by atoms with Crippen LogP contribution < -0.4 is 26.5 Å². The second-order valence-corrected chi connectivity index (χ2v) is 14.9. The Morgan fingerprint density at radius 3 is 2.51 bits per heavy atom. The number of phenolic OH excluding ortho intramolecular Hbond substituents is 1. The third kappa shape index (κ3) is 7.22. The number of aldehydes is 1. The van der Waals surface area contributed by atoms with Crippen LogP contribution in [0.4, 0.5) is 10.7 Å². The van der Waals surface area contributed by atoms with Crippen LogP contribution in [-0.2, 0) is 4.79 Å². The number of fused-ring (bicyclic) bond motifs is 3. The van der Waals surface area contributed by atoms with Gasteiger partial charge in [-0.3, -0.25) is 45.9 Å². The number of amides is 1.